The first-order valence-corrected chi connectivity index (χ1v) is 23.4. The van der Waals surface area contributed by atoms with Crippen molar-refractivity contribution in [2.75, 3.05) is 19.8 Å². The number of esters is 2. The molecule has 328 valence electrons. The summed E-state index contributed by atoms with van der Waals surface area (Å²) in [5.74, 6) is -0.565. The zero-order chi connectivity index (χ0) is 42.1. The van der Waals surface area contributed by atoms with E-state index < -0.39 is 6.10 Å². The maximum atomic E-state index is 12.7. The molecule has 58 heavy (non-hydrogen) atoms. The van der Waals surface area contributed by atoms with Crippen molar-refractivity contribution < 1.29 is 23.8 Å². The number of rotatable bonds is 41. The highest BCUT2D eigenvalue weighted by molar-refractivity contribution is 5.70. The molecule has 1 unspecified atom stereocenters. The van der Waals surface area contributed by atoms with Crippen LogP contribution in [0.1, 0.15) is 188 Å². The maximum Gasteiger partial charge on any atom is 0.306 e. The number of unbranched alkanes of at least 4 members (excludes halogenated alkanes) is 12. The molecule has 0 saturated carbocycles. The number of allylic oxidation sites excluding steroid dienone is 18. The molecular weight excluding hydrogens is 717 g/mol. The second-order valence-corrected chi connectivity index (χ2v) is 14.9. The van der Waals surface area contributed by atoms with Crippen molar-refractivity contribution in [1.82, 2.24) is 0 Å². The molecule has 0 aliphatic rings. The van der Waals surface area contributed by atoms with Crippen LogP contribution in [0.3, 0.4) is 0 Å². The third-order valence-electron chi connectivity index (χ3n) is 9.32. The van der Waals surface area contributed by atoms with E-state index in [-0.39, 0.29) is 31.6 Å². The Morgan fingerprint density at radius 3 is 1.24 bits per heavy atom. The van der Waals surface area contributed by atoms with E-state index in [1.165, 1.54) is 64.2 Å². The Bertz CT molecular complexity index is 1180. The van der Waals surface area contributed by atoms with Crippen molar-refractivity contribution in [3.63, 3.8) is 0 Å². The Kier molecular flexibility index (Phi) is 45.1. The molecule has 1 atom stereocenters. The van der Waals surface area contributed by atoms with Gasteiger partial charge in [-0.3, -0.25) is 9.59 Å². The molecule has 0 spiro atoms. The number of carbonyl (C=O) groups is 2. The van der Waals surface area contributed by atoms with Crippen molar-refractivity contribution in [2.45, 2.75) is 194 Å². The van der Waals surface area contributed by atoms with Gasteiger partial charge in [-0.05, 0) is 83.5 Å². The molecule has 0 heterocycles. The van der Waals surface area contributed by atoms with E-state index in [9.17, 15) is 9.59 Å². The van der Waals surface area contributed by atoms with E-state index in [1.54, 1.807) is 0 Å². The van der Waals surface area contributed by atoms with Gasteiger partial charge in [0.25, 0.3) is 0 Å². The van der Waals surface area contributed by atoms with Gasteiger partial charge in [-0.2, -0.15) is 0 Å². The fourth-order valence-electron chi connectivity index (χ4n) is 5.91. The SMILES string of the molecule is CC/C=C\C/C=C\C/C=C\C/C=C\C/C=C\CCCC(=O)OCC(COCCCCCCCCCCCCCC)OC(=O)CC/C=C\C/C=C\C/C=C\C/C=C\CC. The number of hydrogen-bond acceptors (Lipinski definition) is 5. The van der Waals surface area contributed by atoms with E-state index in [0.29, 0.717) is 19.4 Å². The van der Waals surface area contributed by atoms with E-state index in [4.69, 9.17) is 14.2 Å². The average molecular weight is 803 g/mol. The van der Waals surface area contributed by atoms with Gasteiger partial charge in [0.05, 0.1) is 6.61 Å². The van der Waals surface area contributed by atoms with Gasteiger partial charge in [0.15, 0.2) is 6.10 Å². The standard InChI is InChI=1S/C53H86O5/c1-4-7-10-13-16-19-22-25-26-27-28-30-31-34-37-40-43-46-52(54)57-50-51(49-56-48-45-42-39-36-33-24-21-18-15-12-9-6-3)58-53(55)47-44-41-38-35-32-29-23-20-17-14-11-8-5-2/h7-8,10-11,16-17,19-20,25-26,28-30,32,34,37-38,41,51H,4-6,9,12-15,18,21-24,27,31,33,35-36,39-40,42-50H2,1-3H3/b10-7-,11-8-,19-16-,20-17-,26-25-,30-28-,32-29-,37-34-,41-38-. The molecule has 0 radical (unpaired) electrons. The molecule has 0 amide bonds. The lowest BCUT2D eigenvalue weighted by atomic mass is 10.1. The summed E-state index contributed by atoms with van der Waals surface area (Å²) in [5, 5.41) is 0. The third-order valence-corrected chi connectivity index (χ3v) is 9.32. The minimum Gasteiger partial charge on any atom is -0.462 e. The lowest BCUT2D eigenvalue weighted by Gasteiger charge is -2.18. The summed E-state index contributed by atoms with van der Waals surface area (Å²) in [6, 6.07) is 0. The Morgan fingerprint density at radius 1 is 0.397 bits per heavy atom. The molecule has 0 N–H and O–H groups in total. The monoisotopic (exact) mass is 803 g/mol. The van der Waals surface area contributed by atoms with Crippen LogP contribution in [-0.2, 0) is 23.8 Å². The van der Waals surface area contributed by atoms with E-state index >= 15 is 0 Å². The Morgan fingerprint density at radius 2 is 0.793 bits per heavy atom. The largest absolute Gasteiger partial charge is 0.462 e. The molecule has 0 aliphatic carbocycles. The zero-order valence-electron chi connectivity index (χ0n) is 37.5. The molecular formula is C53H86O5. The fraction of sp³-hybridized carbons (Fsp3) is 0.623. The van der Waals surface area contributed by atoms with Gasteiger partial charge in [0.2, 0.25) is 0 Å². The van der Waals surface area contributed by atoms with Gasteiger partial charge in [0, 0.05) is 19.4 Å². The summed E-state index contributed by atoms with van der Waals surface area (Å²) in [4.78, 5) is 25.2. The lowest BCUT2D eigenvalue weighted by Crippen LogP contribution is -2.30. The van der Waals surface area contributed by atoms with Crippen LogP contribution in [0.2, 0.25) is 0 Å². The smallest absolute Gasteiger partial charge is 0.306 e. The molecule has 0 aliphatic heterocycles. The first-order valence-electron chi connectivity index (χ1n) is 23.4. The lowest BCUT2D eigenvalue weighted by molar-refractivity contribution is -0.162. The predicted octanol–water partition coefficient (Wildman–Crippen LogP) is 15.7. The zero-order valence-corrected chi connectivity index (χ0v) is 37.5. The Balaban J connectivity index is 4.46. The first kappa shape index (κ1) is 54.6. The average Bonchev–Trinajstić information content (AvgIpc) is 3.22. The van der Waals surface area contributed by atoms with Crippen molar-refractivity contribution in [2.24, 2.45) is 0 Å². The second kappa shape index (κ2) is 47.9. The van der Waals surface area contributed by atoms with Crippen molar-refractivity contribution in [3.05, 3.63) is 109 Å². The second-order valence-electron chi connectivity index (χ2n) is 14.9. The molecule has 5 heteroatoms. The van der Waals surface area contributed by atoms with Gasteiger partial charge in [-0.25, -0.2) is 0 Å². The molecule has 0 saturated heterocycles. The van der Waals surface area contributed by atoms with Crippen LogP contribution in [0.5, 0.6) is 0 Å². The first-order chi connectivity index (χ1) is 28.6. The molecule has 0 fully saturated rings. The Labute approximate surface area is 357 Å². The van der Waals surface area contributed by atoms with E-state index in [2.05, 4.69) is 124 Å². The maximum absolute atomic E-state index is 12.7. The fourth-order valence-corrected chi connectivity index (χ4v) is 5.91. The summed E-state index contributed by atoms with van der Waals surface area (Å²) in [7, 11) is 0. The van der Waals surface area contributed by atoms with Crippen LogP contribution in [0.4, 0.5) is 0 Å². The third kappa shape index (κ3) is 45.3. The van der Waals surface area contributed by atoms with Gasteiger partial charge in [-0.1, -0.05) is 201 Å². The van der Waals surface area contributed by atoms with Crippen molar-refractivity contribution in [3.8, 4) is 0 Å². The summed E-state index contributed by atoms with van der Waals surface area (Å²) < 4.78 is 17.2. The highest BCUT2D eigenvalue weighted by atomic mass is 16.6. The molecule has 0 aromatic rings. The molecule has 0 aromatic carbocycles. The predicted molar refractivity (Wildman–Crippen MR) is 251 cm³/mol. The quantitative estimate of drug-likeness (QED) is 0.0350. The van der Waals surface area contributed by atoms with Crippen LogP contribution in [-0.4, -0.2) is 37.9 Å². The summed E-state index contributed by atoms with van der Waals surface area (Å²) in [6.07, 6.45) is 65.4. The van der Waals surface area contributed by atoms with E-state index in [0.717, 1.165) is 83.5 Å². The van der Waals surface area contributed by atoms with Gasteiger partial charge >= 0.3 is 11.9 Å². The Hall–Kier alpha value is -3.44. The van der Waals surface area contributed by atoms with Gasteiger partial charge in [0.1, 0.15) is 6.61 Å². The van der Waals surface area contributed by atoms with E-state index in [1.807, 2.05) is 6.08 Å². The van der Waals surface area contributed by atoms with Crippen LogP contribution in [0.25, 0.3) is 0 Å². The van der Waals surface area contributed by atoms with Gasteiger partial charge in [-0.15, -0.1) is 0 Å². The summed E-state index contributed by atoms with van der Waals surface area (Å²) in [5.41, 5.74) is 0. The highest BCUT2D eigenvalue weighted by Crippen LogP contribution is 2.12. The van der Waals surface area contributed by atoms with Gasteiger partial charge < -0.3 is 14.2 Å². The minimum atomic E-state index is -0.600. The molecule has 0 rings (SSSR count). The normalized spacial score (nSPS) is 13.2. The topological polar surface area (TPSA) is 61.8 Å². The summed E-state index contributed by atoms with van der Waals surface area (Å²) in [6.45, 7) is 7.44. The van der Waals surface area contributed by atoms with Crippen LogP contribution >= 0.6 is 0 Å². The van der Waals surface area contributed by atoms with Crippen LogP contribution in [0.15, 0.2) is 109 Å². The minimum absolute atomic E-state index is 0.0225. The van der Waals surface area contributed by atoms with Crippen LogP contribution < -0.4 is 0 Å². The number of carbonyl (C=O) groups excluding carboxylic acids is 2. The number of ether oxygens (including phenoxy) is 3. The van der Waals surface area contributed by atoms with Crippen molar-refractivity contribution in [1.29, 1.82) is 0 Å². The molecule has 5 nitrogen and oxygen atoms in total. The van der Waals surface area contributed by atoms with Crippen LogP contribution in [0, 0.1) is 0 Å². The molecule has 0 aromatic heterocycles. The molecule has 0 bridgehead atoms. The van der Waals surface area contributed by atoms with Crippen molar-refractivity contribution >= 4 is 11.9 Å². The highest BCUT2D eigenvalue weighted by Gasteiger charge is 2.17. The summed E-state index contributed by atoms with van der Waals surface area (Å²) >= 11 is 0. The number of hydrogen-bond donors (Lipinski definition) is 0.